The van der Waals surface area contributed by atoms with Crippen molar-refractivity contribution in [2.75, 3.05) is 20.2 Å². The monoisotopic (exact) mass is 473 g/mol. The van der Waals surface area contributed by atoms with Crippen molar-refractivity contribution in [3.8, 4) is 11.5 Å². The Kier molecular flexibility index (Phi) is 6.49. The topological polar surface area (TPSA) is 59.2 Å². The van der Waals surface area contributed by atoms with E-state index < -0.39 is 0 Å². The van der Waals surface area contributed by atoms with E-state index in [1.54, 1.807) is 7.11 Å². The van der Waals surface area contributed by atoms with Crippen LogP contribution in [0.15, 0.2) is 30.3 Å². The van der Waals surface area contributed by atoms with Gasteiger partial charge in [-0.15, -0.1) is 0 Å². The fourth-order valence-electron chi connectivity index (χ4n) is 5.09. The molecule has 2 aliphatic rings. The number of H-pyrrole nitrogens is 1. The molecule has 0 amide bonds. The van der Waals surface area contributed by atoms with E-state index in [9.17, 15) is 0 Å². The van der Waals surface area contributed by atoms with E-state index in [4.69, 9.17) is 37.7 Å². The van der Waals surface area contributed by atoms with Gasteiger partial charge in [-0.3, -0.25) is 0 Å². The zero-order valence-electron chi connectivity index (χ0n) is 18.3. The predicted octanol–water partition coefficient (Wildman–Crippen LogP) is 6.14. The second-order valence-electron chi connectivity index (χ2n) is 9.06. The minimum atomic E-state index is 0.312. The standard InChI is InChI=1S/C25H29Cl2N3O2/c1-31-23-7-6-16(10-24(23)32-18-4-2-3-5-18)17-8-15(13-28-14-17)9-25-29-21-11-19(26)20(27)12-22(21)30-25/h6-7,10-12,15,17-18,28H,2-5,8-9,13-14H2,1H3,(H,29,30)/t15-,17+/m0/s1. The van der Waals surface area contributed by atoms with Crippen LogP contribution in [0, 0.1) is 5.92 Å². The van der Waals surface area contributed by atoms with Crippen molar-refractivity contribution in [3.63, 3.8) is 0 Å². The van der Waals surface area contributed by atoms with Gasteiger partial charge in [0.25, 0.3) is 0 Å². The molecule has 5 rings (SSSR count). The van der Waals surface area contributed by atoms with Crippen LogP contribution in [0.3, 0.4) is 0 Å². The van der Waals surface area contributed by atoms with Gasteiger partial charge in [-0.2, -0.15) is 0 Å². The first-order valence-electron chi connectivity index (χ1n) is 11.5. The molecule has 2 aromatic carbocycles. The van der Waals surface area contributed by atoms with Crippen LogP contribution in [-0.2, 0) is 6.42 Å². The maximum Gasteiger partial charge on any atom is 0.161 e. The Balaban J connectivity index is 1.30. The van der Waals surface area contributed by atoms with Crippen molar-refractivity contribution in [2.45, 2.75) is 50.5 Å². The predicted molar refractivity (Wildman–Crippen MR) is 129 cm³/mol. The molecule has 0 bridgehead atoms. The molecule has 1 aliphatic heterocycles. The molecule has 32 heavy (non-hydrogen) atoms. The van der Waals surface area contributed by atoms with E-state index >= 15 is 0 Å². The van der Waals surface area contributed by atoms with Crippen LogP contribution in [0.25, 0.3) is 11.0 Å². The maximum atomic E-state index is 6.32. The number of hydrogen-bond donors (Lipinski definition) is 2. The van der Waals surface area contributed by atoms with Crippen LogP contribution < -0.4 is 14.8 Å². The first kappa shape index (κ1) is 21.9. The second-order valence-corrected chi connectivity index (χ2v) is 9.88. The lowest BCUT2D eigenvalue weighted by Gasteiger charge is -2.30. The van der Waals surface area contributed by atoms with Crippen LogP contribution >= 0.6 is 23.2 Å². The van der Waals surface area contributed by atoms with Gasteiger partial charge in [-0.25, -0.2) is 4.98 Å². The molecule has 1 aliphatic carbocycles. The fraction of sp³-hybridized carbons (Fsp3) is 0.480. The number of piperidine rings is 1. The summed E-state index contributed by atoms with van der Waals surface area (Å²) in [6, 6.07) is 10.1. The summed E-state index contributed by atoms with van der Waals surface area (Å²) in [5, 5.41) is 4.70. The molecule has 1 aromatic heterocycles. The smallest absolute Gasteiger partial charge is 0.161 e. The quantitative estimate of drug-likeness (QED) is 0.451. The fourth-order valence-corrected chi connectivity index (χ4v) is 5.41. The molecule has 5 nitrogen and oxygen atoms in total. The van der Waals surface area contributed by atoms with Gasteiger partial charge in [0.1, 0.15) is 5.82 Å². The van der Waals surface area contributed by atoms with Gasteiger partial charge >= 0.3 is 0 Å². The highest BCUT2D eigenvalue weighted by molar-refractivity contribution is 6.42. The average Bonchev–Trinajstić information content (AvgIpc) is 3.44. The number of rotatable bonds is 6. The number of imidazole rings is 1. The van der Waals surface area contributed by atoms with Crippen LogP contribution in [-0.4, -0.2) is 36.3 Å². The first-order chi connectivity index (χ1) is 15.6. The highest BCUT2D eigenvalue weighted by Crippen LogP contribution is 2.37. The number of aromatic amines is 1. The van der Waals surface area contributed by atoms with Crippen molar-refractivity contribution in [1.82, 2.24) is 15.3 Å². The van der Waals surface area contributed by atoms with Gasteiger partial charge in [-0.05, 0) is 80.3 Å². The minimum absolute atomic E-state index is 0.312. The van der Waals surface area contributed by atoms with Crippen molar-refractivity contribution in [3.05, 3.63) is 51.8 Å². The molecule has 2 heterocycles. The summed E-state index contributed by atoms with van der Waals surface area (Å²) in [5.41, 5.74) is 3.09. The summed E-state index contributed by atoms with van der Waals surface area (Å²) in [4.78, 5) is 8.15. The van der Waals surface area contributed by atoms with Crippen LogP contribution in [0.5, 0.6) is 11.5 Å². The number of ether oxygens (including phenoxy) is 2. The SMILES string of the molecule is COc1ccc([C@H]2CNC[C@H](Cc3nc4cc(Cl)c(Cl)cc4[nH]3)C2)cc1OC1CCCC1. The van der Waals surface area contributed by atoms with Crippen molar-refractivity contribution in [1.29, 1.82) is 0 Å². The molecule has 2 fully saturated rings. The first-order valence-corrected chi connectivity index (χ1v) is 12.2. The molecule has 2 N–H and O–H groups in total. The second kappa shape index (κ2) is 9.50. The lowest BCUT2D eigenvalue weighted by Crippen LogP contribution is -2.36. The van der Waals surface area contributed by atoms with Gasteiger partial charge in [0, 0.05) is 13.0 Å². The number of fused-ring (bicyclic) bond motifs is 1. The van der Waals surface area contributed by atoms with Gasteiger partial charge in [-0.1, -0.05) is 29.3 Å². The van der Waals surface area contributed by atoms with Crippen molar-refractivity contribution >= 4 is 34.2 Å². The average molecular weight is 474 g/mol. The number of hydrogen-bond acceptors (Lipinski definition) is 4. The molecule has 2 atom stereocenters. The number of methoxy groups -OCH3 is 1. The Morgan fingerprint density at radius 1 is 1.03 bits per heavy atom. The third-order valence-corrected chi connectivity index (χ3v) is 7.47. The van der Waals surface area contributed by atoms with Crippen LogP contribution in [0.4, 0.5) is 0 Å². The number of nitrogens with zero attached hydrogens (tertiary/aromatic N) is 1. The number of halogens is 2. The molecule has 170 valence electrons. The number of benzene rings is 2. The Bertz CT molecular complexity index is 1060. The molecule has 1 saturated heterocycles. The largest absolute Gasteiger partial charge is 0.493 e. The maximum absolute atomic E-state index is 6.32. The zero-order chi connectivity index (χ0) is 22.1. The van der Waals surface area contributed by atoms with E-state index in [2.05, 4.69) is 28.5 Å². The normalized spacial score (nSPS) is 21.8. The van der Waals surface area contributed by atoms with E-state index in [1.807, 2.05) is 12.1 Å². The van der Waals surface area contributed by atoms with E-state index in [-0.39, 0.29) is 0 Å². The van der Waals surface area contributed by atoms with E-state index in [1.165, 1.54) is 18.4 Å². The molecule has 0 radical (unpaired) electrons. The summed E-state index contributed by atoms with van der Waals surface area (Å²) < 4.78 is 11.9. The molecule has 0 spiro atoms. The van der Waals surface area contributed by atoms with Gasteiger partial charge in [0.15, 0.2) is 11.5 Å². The van der Waals surface area contributed by atoms with Gasteiger partial charge in [0.05, 0.1) is 34.3 Å². The lowest BCUT2D eigenvalue weighted by molar-refractivity contribution is 0.200. The van der Waals surface area contributed by atoms with Crippen LogP contribution in [0.1, 0.15) is 49.4 Å². The van der Waals surface area contributed by atoms with Crippen molar-refractivity contribution in [2.24, 2.45) is 5.92 Å². The Morgan fingerprint density at radius 3 is 2.66 bits per heavy atom. The third kappa shape index (κ3) is 4.70. The Hall–Kier alpha value is -1.95. The third-order valence-electron chi connectivity index (χ3n) is 6.75. The summed E-state index contributed by atoms with van der Waals surface area (Å²) in [7, 11) is 1.71. The molecule has 7 heteroatoms. The van der Waals surface area contributed by atoms with Crippen molar-refractivity contribution < 1.29 is 9.47 Å². The van der Waals surface area contributed by atoms with E-state index in [0.29, 0.717) is 28.0 Å². The summed E-state index contributed by atoms with van der Waals surface area (Å²) in [6.07, 6.45) is 7.06. The van der Waals surface area contributed by atoms with Gasteiger partial charge < -0.3 is 19.8 Å². The highest BCUT2D eigenvalue weighted by Gasteiger charge is 2.26. The molecular formula is C25H29Cl2N3O2. The molecule has 0 unspecified atom stereocenters. The summed E-state index contributed by atoms with van der Waals surface area (Å²) in [5.74, 6) is 3.59. The van der Waals surface area contributed by atoms with Crippen LogP contribution in [0.2, 0.25) is 10.0 Å². The Labute approximate surface area is 198 Å². The molecule has 3 aromatic rings. The number of nitrogens with one attached hydrogen (secondary N) is 2. The Morgan fingerprint density at radius 2 is 1.84 bits per heavy atom. The molecular weight excluding hydrogens is 445 g/mol. The number of aromatic nitrogens is 2. The minimum Gasteiger partial charge on any atom is -0.493 e. The summed E-state index contributed by atoms with van der Waals surface area (Å²) >= 11 is 12.3. The molecule has 1 saturated carbocycles. The van der Waals surface area contributed by atoms with E-state index in [0.717, 1.165) is 67.1 Å². The van der Waals surface area contributed by atoms with Gasteiger partial charge in [0.2, 0.25) is 0 Å². The highest BCUT2D eigenvalue weighted by atomic mass is 35.5. The zero-order valence-corrected chi connectivity index (χ0v) is 19.8. The lowest BCUT2D eigenvalue weighted by atomic mass is 9.84. The summed E-state index contributed by atoms with van der Waals surface area (Å²) in [6.45, 7) is 1.95.